The number of anilines is 2. The van der Waals surface area contributed by atoms with Crippen molar-refractivity contribution in [3.63, 3.8) is 0 Å². The molecule has 0 fully saturated rings. The largest absolute Gasteiger partial charge is 0.455 e. The van der Waals surface area contributed by atoms with Crippen molar-refractivity contribution >= 4 is 33.3 Å². The average molecular weight is 450 g/mol. The molecule has 1 atom stereocenters. The Bertz CT molecular complexity index is 1760. The first-order valence-electron chi connectivity index (χ1n) is 12.3. The van der Waals surface area contributed by atoms with E-state index in [1.165, 1.54) is 50.0 Å². The fourth-order valence-electron chi connectivity index (χ4n) is 6.16. The van der Waals surface area contributed by atoms with Crippen LogP contribution in [0.25, 0.3) is 44.2 Å². The van der Waals surface area contributed by atoms with Crippen molar-refractivity contribution in [1.82, 2.24) is 0 Å². The summed E-state index contributed by atoms with van der Waals surface area (Å²) in [5.41, 5.74) is 12.4. The van der Waals surface area contributed by atoms with Gasteiger partial charge in [0.1, 0.15) is 11.2 Å². The van der Waals surface area contributed by atoms with Crippen LogP contribution in [0, 0.1) is 0 Å². The number of hydrogen-bond acceptors (Lipinski definition) is 2. The second-order valence-corrected chi connectivity index (χ2v) is 9.76. The molecular formula is C33H23NO. The Labute approximate surface area is 204 Å². The Morgan fingerprint density at radius 3 is 2.20 bits per heavy atom. The SMILES string of the molecule is c1ccc2c(c1)CC1Cc3ccc(-c4ccc(-c5cccc6c5oc5ccccc56)cc4)cc3N21. The predicted molar refractivity (Wildman–Crippen MR) is 144 cm³/mol. The van der Waals surface area contributed by atoms with Crippen LogP contribution < -0.4 is 4.90 Å². The molecule has 1 aromatic heterocycles. The van der Waals surface area contributed by atoms with Crippen molar-refractivity contribution in [3.8, 4) is 22.3 Å². The van der Waals surface area contributed by atoms with E-state index in [-0.39, 0.29) is 0 Å². The van der Waals surface area contributed by atoms with Crippen molar-refractivity contribution in [2.45, 2.75) is 18.9 Å². The minimum absolute atomic E-state index is 0.560. The molecule has 0 aliphatic carbocycles. The first kappa shape index (κ1) is 19.1. The molecule has 35 heavy (non-hydrogen) atoms. The van der Waals surface area contributed by atoms with Crippen LogP contribution in [0.3, 0.4) is 0 Å². The summed E-state index contributed by atoms with van der Waals surface area (Å²) in [6, 6.07) is 40.0. The van der Waals surface area contributed by atoms with Gasteiger partial charge in [0.15, 0.2) is 0 Å². The quantitative estimate of drug-likeness (QED) is 0.263. The van der Waals surface area contributed by atoms with Gasteiger partial charge in [0, 0.05) is 33.8 Å². The Balaban J connectivity index is 1.18. The molecule has 1 unspecified atom stereocenters. The number of hydrogen-bond donors (Lipinski definition) is 0. The zero-order valence-corrected chi connectivity index (χ0v) is 19.2. The second kappa shape index (κ2) is 7.10. The van der Waals surface area contributed by atoms with Gasteiger partial charge in [0.25, 0.3) is 0 Å². The van der Waals surface area contributed by atoms with Gasteiger partial charge in [-0.1, -0.05) is 91.0 Å². The van der Waals surface area contributed by atoms with Crippen LogP contribution in [-0.4, -0.2) is 6.04 Å². The molecule has 0 saturated heterocycles. The van der Waals surface area contributed by atoms with Crippen LogP contribution in [0.5, 0.6) is 0 Å². The van der Waals surface area contributed by atoms with Crippen molar-refractivity contribution in [1.29, 1.82) is 0 Å². The molecule has 2 heteroatoms. The molecule has 0 amide bonds. The van der Waals surface area contributed by atoms with Crippen LogP contribution in [0.15, 0.2) is 114 Å². The molecule has 0 bridgehead atoms. The third-order valence-electron chi connectivity index (χ3n) is 7.81. The Morgan fingerprint density at radius 1 is 0.571 bits per heavy atom. The lowest BCUT2D eigenvalue weighted by atomic mass is 9.97. The smallest absolute Gasteiger partial charge is 0.143 e. The number of nitrogens with zero attached hydrogens (tertiary/aromatic N) is 1. The summed E-state index contributed by atoms with van der Waals surface area (Å²) in [5, 5.41) is 2.34. The number of benzene rings is 5. The van der Waals surface area contributed by atoms with Crippen molar-refractivity contribution in [2.24, 2.45) is 0 Å². The molecule has 0 radical (unpaired) electrons. The third kappa shape index (κ3) is 2.77. The highest BCUT2D eigenvalue weighted by Crippen LogP contribution is 2.47. The van der Waals surface area contributed by atoms with Crippen LogP contribution >= 0.6 is 0 Å². The van der Waals surface area contributed by atoms with E-state index in [0.717, 1.165) is 29.6 Å². The molecule has 2 aliphatic heterocycles. The highest BCUT2D eigenvalue weighted by Gasteiger charge is 2.36. The summed E-state index contributed by atoms with van der Waals surface area (Å²) >= 11 is 0. The predicted octanol–water partition coefficient (Wildman–Crippen LogP) is 8.54. The molecule has 0 N–H and O–H groups in total. The Morgan fingerprint density at radius 2 is 1.29 bits per heavy atom. The molecule has 2 aliphatic rings. The Hall–Kier alpha value is -4.30. The van der Waals surface area contributed by atoms with Gasteiger partial charge in [-0.2, -0.15) is 0 Å². The number of fused-ring (bicyclic) bond motifs is 8. The minimum Gasteiger partial charge on any atom is -0.455 e. The van der Waals surface area contributed by atoms with Gasteiger partial charge >= 0.3 is 0 Å². The summed E-state index contributed by atoms with van der Waals surface area (Å²) < 4.78 is 6.27. The fourth-order valence-corrected chi connectivity index (χ4v) is 6.16. The standard InChI is InChI=1S/C33H23NO/c1-3-10-30-24(6-1)18-26-19-25-17-16-23(20-31(25)34(26)30)21-12-14-22(15-13-21)27-8-5-9-29-28-7-2-4-11-32(28)35-33(27)29/h1-17,20,26H,18-19H2. The van der Waals surface area contributed by atoms with E-state index < -0.39 is 0 Å². The highest BCUT2D eigenvalue weighted by molar-refractivity contribution is 6.09. The summed E-state index contributed by atoms with van der Waals surface area (Å²) in [6.45, 7) is 0. The lowest BCUT2D eigenvalue weighted by Crippen LogP contribution is -2.22. The third-order valence-corrected chi connectivity index (χ3v) is 7.81. The van der Waals surface area contributed by atoms with E-state index >= 15 is 0 Å². The van der Waals surface area contributed by atoms with E-state index in [9.17, 15) is 0 Å². The maximum Gasteiger partial charge on any atom is 0.143 e. The molecule has 0 spiro atoms. The first-order valence-corrected chi connectivity index (χ1v) is 12.3. The summed E-state index contributed by atoms with van der Waals surface area (Å²) in [5.74, 6) is 0. The summed E-state index contributed by atoms with van der Waals surface area (Å²) in [7, 11) is 0. The van der Waals surface area contributed by atoms with Gasteiger partial charge in [-0.15, -0.1) is 0 Å². The molecule has 2 nitrogen and oxygen atoms in total. The van der Waals surface area contributed by atoms with Gasteiger partial charge in [-0.05, 0) is 58.9 Å². The minimum atomic E-state index is 0.560. The van der Waals surface area contributed by atoms with Crippen LogP contribution in [-0.2, 0) is 12.8 Å². The zero-order chi connectivity index (χ0) is 22.9. The Kier molecular flexibility index (Phi) is 3.86. The van der Waals surface area contributed by atoms with Gasteiger partial charge < -0.3 is 9.32 Å². The lowest BCUT2D eigenvalue weighted by Gasteiger charge is -2.21. The summed E-state index contributed by atoms with van der Waals surface area (Å²) in [4.78, 5) is 2.56. The number of furan rings is 1. The maximum absolute atomic E-state index is 6.27. The van der Waals surface area contributed by atoms with Gasteiger partial charge in [0.05, 0.1) is 0 Å². The monoisotopic (exact) mass is 449 g/mol. The number of rotatable bonds is 2. The van der Waals surface area contributed by atoms with E-state index in [0.29, 0.717) is 6.04 Å². The van der Waals surface area contributed by atoms with Crippen LogP contribution in [0.4, 0.5) is 11.4 Å². The van der Waals surface area contributed by atoms with E-state index in [4.69, 9.17) is 4.42 Å². The normalized spacial score (nSPS) is 16.0. The lowest BCUT2D eigenvalue weighted by molar-refractivity contribution is 0.670. The van der Waals surface area contributed by atoms with Crippen molar-refractivity contribution in [3.05, 3.63) is 120 Å². The molecule has 0 saturated carbocycles. The molecular weight excluding hydrogens is 426 g/mol. The maximum atomic E-state index is 6.27. The fraction of sp³-hybridized carbons (Fsp3) is 0.0909. The molecule has 6 aromatic rings. The first-order chi connectivity index (χ1) is 17.3. The molecule has 3 heterocycles. The molecule has 5 aromatic carbocycles. The average Bonchev–Trinajstić information content (AvgIpc) is 3.58. The van der Waals surface area contributed by atoms with Gasteiger partial charge in [-0.3, -0.25) is 0 Å². The van der Waals surface area contributed by atoms with E-state index in [1.807, 2.05) is 12.1 Å². The van der Waals surface area contributed by atoms with Gasteiger partial charge in [0.2, 0.25) is 0 Å². The van der Waals surface area contributed by atoms with E-state index in [2.05, 4.69) is 102 Å². The topological polar surface area (TPSA) is 16.4 Å². The van der Waals surface area contributed by atoms with Crippen LogP contribution in [0.2, 0.25) is 0 Å². The van der Waals surface area contributed by atoms with E-state index in [1.54, 1.807) is 0 Å². The second-order valence-electron chi connectivity index (χ2n) is 9.76. The van der Waals surface area contributed by atoms with Crippen LogP contribution in [0.1, 0.15) is 11.1 Å². The molecule has 166 valence electrons. The highest BCUT2D eigenvalue weighted by atomic mass is 16.3. The molecule has 8 rings (SSSR count). The zero-order valence-electron chi connectivity index (χ0n) is 19.2. The van der Waals surface area contributed by atoms with Crippen molar-refractivity contribution in [2.75, 3.05) is 4.90 Å². The van der Waals surface area contributed by atoms with Gasteiger partial charge in [-0.25, -0.2) is 0 Å². The summed E-state index contributed by atoms with van der Waals surface area (Å²) in [6.07, 6.45) is 2.27. The number of para-hydroxylation sites is 3. The van der Waals surface area contributed by atoms with Crippen molar-refractivity contribution < 1.29 is 4.42 Å².